The highest BCUT2D eigenvalue weighted by molar-refractivity contribution is 7.89. The minimum atomic E-state index is -3.75. The highest BCUT2D eigenvalue weighted by Crippen LogP contribution is 2.17. The number of rotatable bonds is 8. The zero-order valence-electron chi connectivity index (χ0n) is 15.4. The lowest BCUT2D eigenvalue weighted by molar-refractivity contribution is 0.0948. The van der Waals surface area contributed by atoms with Gasteiger partial charge in [-0.2, -0.15) is 0 Å². The smallest absolute Gasteiger partial charge is 0.251 e. The standard InChI is InChI=1S/C19H25N3O3S.ClH/c1-14(12-20)13-21-19(23)17-9-6-10-18(11-17)26(24,25)22-15(2)16-7-4-3-5-8-16;/h3-11,14-15,22H,12-13,20H2,1-2H3,(H,21,23);1H. The van der Waals surface area contributed by atoms with Gasteiger partial charge >= 0.3 is 0 Å². The van der Waals surface area contributed by atoms with Crippen LogP contribution in [-0.4, -0.2) is 27.4 Å². The molecule has 4 N–H and O–H groups in total. The van der Waals surface area contributed by atoms with Crippen molar-refractivity contribution < 1.29 is 13.2 Å². The molecule has 2 aromatic rings. The number of sulfonamides is 1. The van der Waals surface area contributed by atoms with E-state index in [1.165, 1.54) is 12.1 Å². The molecule has 2 rings (SSSR count). The van der Waals surface area contributed by atoms with E-state index < -0.39 is 10.0 Å². The Labute approximate surface area is 167 Å². The van der Waals surface area contributed by atoms with Gasteiger partial charge in [0.1, 0.15) is 0 Å². The van der Waals surface area contributed by atoms with Crippen molar-refractivity contribution in [1.82, 2.24) is 10.0 Å². The number of halogens is 1. The van der Waals surface area contributed by atoms with E-state index in [9.17, 15) is 13.2 Å². The van der Waals surface area contributed by atoms with Gasteiger partial charge in [0.25, 0.3) is 5.91 Å². The van der Waals surface area contributed by atoms with E-state index >= 15 is 0 Å². The van der Waals surface area contributed by atoms with Crippen molar-refractivity contribution in [3.8, 4) is 0 Å². The Bertz CT molecular complexity index is 844. The largest absolute Gasteiger partial charge is 0.352 e. The van der Waals surface area contributed by atoms with Gasteiger partial charge < -0.3 is 11.1 Å². The third-order valence-corrected chi connectivity index (χ3v) is 5.59. The van der Waals surface area contributed by atoms with Gasteiger partial charge in [0.2, 0.25) is 10.0 Å². The fourth-order valence-electron chi connectivity index (χ4n) is 2.37. The predicted octanol–water partition coefficient (Wildman–Crippen LogP) is 2.47. The van der Waals surface area contributed by atoms with Crippen LogP contribution in [0.2, 0.25) is 0 Å². The quantitative estimate of drug-likeness (QED) is 0.621. The van der Waals surface area contributed by atoms with Crippen LogP contribution in [0, 0.1) is 5.92 Å². The van der Waals surface area contributed by atoms with E-state index in [1.807, 2.05) is 37.3 Å². The van der Waals surface area contributed by atoms with Crippen LogP contribution in [0.25, 0.3) is 0 Å². The molecule has 0 radical (unpaired) electrons. The van der Waals surface area contributed by atoms with Crippen molar-refractivity contribution >= 4 is 28.3 Å². The first-order chi connectivity index (χ1) is 12.3. The van der Waals surface area contributed by atoms with Crippen molar-refractivity contribution in [2.75, 3.05) is 13.1 Å². The molecule has 0 bridgehead atoms. The zero-order chi connectivity index (χ0) is 19.2. The van der Waals surface area contributed by atoms with E-state index in [0.29, 0.717) is 18.7 Å². The van der Waals surface area contributed by atoms with Crippen molar-refractivity contribution in [3.05, 3.63) is 65.7 Å². The highest BCUT2D eigenvalue weighted by atomic mass is 35.5. The second-order valence-electron chi connectivity index (χ2n) is 6.33. The maximum atomic E-state index is 12.6. The number of nitrogens with two attached hydrogens (primary N) is 1. The number of carbonyl (C=O) groups is 1. The van der Waals surface area contributed by atoms with Crippen LogP contribution >= 0.6 is 12.4 Å². The van der Waals surface area contributed by atoms with Crippen LogP contribution in [0.3, 0.4) is 0 Å². The van der Waals surface area contributed by atoms with Crippen LogP contribution in [0.4, 0.5) is 0 Å². The average molecular weight is 412 g/mol. The first-order valence-corrected chi connectivity index (χ1v) is 9.97. The van der Waals surface area contributed by atoms with Gasteiger partial charge in [-0.1, -0.05) is 43.3 Å². The van der Waals surface area contributed by atoms with Crippen molar-refractivity contribution in [2.24, 2.45) is 11.7 Å². The fraction of sp³-hybridized carbons (Fsp3) is 0.316. The van der Waals surface area contributed by atoms with Crippen molar-refractivity contribution in [3.63, 3.8) is 0 Å². The van der Waals surface area contributed by atoms with Crippen molar-refractivity contribution in [2.45, 2.75) is 24.8 Å². The van der Waals surface area contributed by atoms with Crippen LogP contribution in [0.15, 0.2) is 59.5 Å². The lowest BCUT2D eigenvalue weighted by Crippen LogP contribution is -2.31. The lowest BCUT2D eigenvalue weighted by atomic mass is 10.1. The minimum Gasteiger partial charge on any atom is -0.352 e. The number of hydrogen-bond donors (Lipinski definition) is 3. The number of nitrogens with one attached hydrogen (secondary N) is 2. The van der Waals surface area contributed by atoms with Gasteiger partial charge in [0.15, 0.2) is 0 Å². The summed E-state index contributed by atoms with van der Waals surface area (Å²) in [5, 5.41) is 2.76. The van der Waals surface area contributed by atoms with Gasteiger partial charge in [0, 0.05) is 18.2 Å². The zero-order valence-corrected chi connectivity index (χ0v) is 17.0. The molecular weight excluding hydrogens is 386 g/mol. The van der Waals surface area contributed by atoms with Gasteiger partial charge in [-0.25, -0.2) is 13.1 Å². The normalized spacial score (nSPS) is 13.3. The third kappa shape index (κ3) is 6.62. The van der Waals surface area contributed by atoms with E-state index in [2.05, 4.69) is 10.0 Å². The second-order valence-corrected chi connectivity index (χ2v) is 8.05. The molecule has 8 heteroatoms. The van der Waals surface area contributed by atoms with Crippen molar-refractivity contribution in [1.29, 1.82) is 0 Å². The Morgan fingerprint density at radius 3 is 2.37 bits per heavy atom. The summed E-state index contributed by atoms with van der Waals surface area (Å²) in [6.07, 6.45) is 0. The molecule has 0 heterocycles. The number of hydrogen-bond acceptors (Lipinski definition) is 4. The molecule has 148 valence electrons. The maximum absolute atomic E-state index is 12.6. The van der Waals surface area contributed by atoms with Crippen LogP contribution in [-0.2, 0) is 10.0 Å². The number of carbonyl (C=O) groups excluding carboxylic acids is 1. The Morgan fingerprint density at radius 2 is 1.74 bits per heavy atom. The monoisotopic (exact) mass is 411 g/mol. The summed E-state index contributed by atoms with van der Waals surface area (Å²) >= 11 is 0. The first kappa shape index (κ1) is 23.1. The van der Waals surface area contributed by atoms with Gasteiger partial charge in [-0.3, -0.25) is 4.79 Å². The molecule has 1 amide bonds. The van der Waals surface area contributed by atoms with E-state index in [-0.39, 0.29) is 35.2 Å². The SMILES string of the molecule is CC(CN)CNC(=O)c1cccc(S(=O)(=O)NC(C)c2ccccc2)c1.Cl. The third-order valence-electron chi connectivity index (χ3n) is 4.05. The molecule has 0 aliphatic rings. The highest BCUT2D eigenvalue weighted by Gasteiger charge is 2.19. The molecular formula is C19H26ClN3O3S. The molecule has 0 aliphatic heterocycles. The average Bonchev–Trinajstić information content (AvgIpc) is 2.66. The predicted molar refractivity (Wildman–Crippen MR) is 109 cm³/mol. The molecule has 0 saturated carbocycles. The Hall–Kier alpha value is -1.93. The molecule has 0 spiro atoms. The number of benzene rings is 2. The van der Waals surface area contributed by atoms with E-state index in [0.717, 1.165) is 5.56 Å². The molecule has 0 saturated heterocycles. The topological polar surface area (TPSA) is 101 Å². The summed E-state index contributed by atoms with van der Waals surface area (Å²) in [6, 6.07) is 14.9. The summed E-state index contributed by atoms with van der Waals surface area (Å²) in [7, 11) is -3.75. The maximum Gasteiger partial charge on any atom is 0.251 e. The van der Waals surface area contributed by atoms with Crippen LogP contribution in [0.1, 0.15) is 35.8 Å². The van der Waals surface area contributed by atoms with Gasteiger partial charge in [-0.15, -0.1) is 12.4 Å². The van der Waals surface area contributed by atoms with E-state index in [4.69, 9.17) is 5.73 Å². The van der Waals surface area contributed by atoms with E-state index in [1.54, 1.807) is 19.1 Å². The number of amides is 1. The molecule has 0 fully saturated rings. The Morgan fingerprint density at radius 1 is 1.07 bits per heavy atom. The van der Waals surface area contributed by atoms with Gasteiger partial charge in [0.05, 0.1) is 4.90 Å². The fourth-order valence-corrected chi connectivity index (χ4v) is 3.64. The second kappa shape index (κ2) is 10.4. The molecule has 2 aromatic carbocycles. The summed E-state index contributed by atoms with van der Waals surface area (Å²) in [6.45, 7) is 4.61. The minimum absolute atomic E-state index is 0. The summed E-state index contributed by atoms with van der Waals surface area (Å²) in [5.74, 6) is -0.169. The van der Waals surface area contributed by atoms with Crippen LogP contribution < -0.4 is 15.8 Å². The molecule has 27 heavy (non-hydrogen) atoms. The molecule has 0 aliphatic carbocycles. The molecule has 0 aromatic heterocycles. The summed E-state index contributed by atoms with van der Waals surface area (Å²) in [5.41, 5.74) is 6.69. The molecule has 6 nitrogen and oxygen atoms in total. The molecule has 2 unspecified atom stereocenters. The summed E-state index contributed by atoms with van der Waals surface area (Å²) in [4.78, 5) is 12.3. The lowest BCUT2D eigenvalue weighted by Gasteiger charge is -2.15. The summed E-state index contributed by atoms with van der Waals surface area (Å²) < 4.78 is 27.9. The van der Waals surface area contributed by atoms with Crippen LogP contribution in [0.5, 0.6) is 0 Å². The Balaban J connectivity index is 0.00000364. The van der Waals surface area contributed by atoms with Gasteiger partial charge in [-0.05, 0) is 43.1 Å². The molecule has 2 atom stereocenters. The first-order valence-electron chi connectivity index (χ1n) is 8.49. The Kier molecular flexibility index (Phi) is 8.92.